The van der Waals surface area contributed by atoms with Crippen LogP contribution in [0.15, 0.2) is 64.5 Å². The summed E-state index contributed by atoms with van der Waals surface area (Å²) in [4.78, 5) is 38.1. The number of hydrogen-bond donors (Lipinski definition) is 0. The van der Waals surface area contributed by atoms with Gasteiger partial charge in [0, 0.05) is 5.75 Å². The molecule has 4 rings (SSSR count). The number of rotatable bonds is 8. The molecule has 0 amide bonds. The van der Waals surface area contributed by atoms with E-state index in [2.05, 4.69) is 5.10 Å². The van der Waals surface area contributed by atoms with Gasteiger partial charge in [-0.1, -0.05) is 59.8 Å². The van der Waals surface area contributed by atoms with Crippen LogP contribution in [0.4, 0.5) is 0 Å². The molecule has 1 heterocycles. The first kappa shape index (κ1) is 24.9. The van der Waals surface area contributed by atoms with Crippen molar-refractivity contribution in [3.8, 4) is 0 Å². The number of benzene rings is 2. The molecule has 1 aromatic heterocycles. The number of ketones is 2. The van der Waals surface area contributed by atoms with Crippen LogP contribution in [0.3, 0.4) is 0 Å². The first-order chi connectivity index (χ1) is 16.7. The molecule has 0 bridgehead atoms. The third-order valence-corrected chi connectivity index (χ3v) is 8.37. The Morgan fingerprint density at radius 3 is 2.46 bits per heavy atom. The van der Waals surface area contributed by atoms with Crippen molar-refractivity contribution < 1.29 is 27.5 Å². The number of nitrogens with zero attached hydrogens (tertiary/aromatic N) is 2. The highest BCUT2D eigenvalue weighted by molar-refractivity contribution is 7.98. The van der Waals surface area contributed by atoms with Gasteiger partial charge in [-0.3, -0.25) is 9.59 Å². The van der Waals surface area contributed by atoms with Gasteiger partial charge in [0.2, 0.25) is 0 Å². The normalized spacial score (nSPS) is 15.5. The molecular formula is C25H24N2O6S2. The average molecular weight is 513 g/mol. The van der Waals surface area contributed by atoms with Crippen LogP contribution in [0, 0.1) is 12.8 Å². The molecule has 0 radical (unpaired) electrons. The van der Waals surface area contributed by atoms with Gasteiger partial charge >= 0.3 is 5.97 Å². The van der Waals surface area contributed by atoms with Gasteiger partial charge in [-0.05, 0) is 44.4 Å². The molecule has 1 aliphatic rings. The molecular weight excluding hydrogens is 488 g/mol. The molecule has 10 heteroatoms. The van der Waals surface area contributed by atoms with E-state index < -0.39 is 33.5 Å². The highest BCUT2D eigenvalue weighted by Gasteiger charge is 2.42. The topological polar surface area (TPSA) is 112 Å². The number of esters is 1. The van der Waals surface area contributed by atoms with Crippen LogP contribution in [0.25, 0.3) is 0 Å². The lowest BCUT2D eigenvalue weighted by molar-refractivity contribution is -0.154. The SMILES string of the molecule is CCOC(=O)C(=O)C1CCc2c(c(SCc3ccccc3)nn2S(=O)(=O)c2ccc(C)cc2)C1=O. The maximum atomic E-state index is 13.5. The fraction of sp³-hybridized carbons (Fsp3) is 0.280. The van der Waals surface area contributed by atoms with E-state index in [1.165, 1.54) is 23.9 Å². The first-order valence-electron chi connectivity index (χ1n) is 11.1. The molecule has 1 aliphatic carbocycles. The molecule has 1 unspecified atom stereocenters. The van der Waals surface area contributed by atoms with Crippen molar-refractivity contribution in [2.45, 2.75) is 42.4 Å². The van der Waals surface area contributed by atoms with E-state index in [9.17, 15) is 22.8 Å². The second-order valence-electron chi connectivity index (χ2n) is 8.10. The molecule has 1 atom stereocenters. The van der Waals surface area contributed by atoms with E-state index >= 15 is 0 Å². The van der Waals surface area contributed by atoms with Gasteiger partial charge in [0.25, 0.3) is 15.8 Å². The molecule has 0 spiro atoms. The van der Waals surface area contributed by atoms with Crippen LogP contribution in [-0.2, 0) is 36.5 Å². The quantitative estimate of drug-likeness (QED) is 0.195. The lowest BCUT2D eigenvalue weighted by atomic mass is 9.83. The van der Waals surface area contributed by atoms with E-state index in [0.717, 1.165) is 15.2 Å². The lowest BCUT2D eigenvalue weighted by Gasteiger charge is -2.20. The molecule has 2 aromatic carbocycles. The molecule has 0 fully saturated rings. The minimum absolute atomic E-state index is 0.00137. The molecule has 0 saturated carbocycles. The third-order valence-electron chi connectivity index (χ3n) is 5.71. The molecule has 182 valence electrons. The molecule has 0 aliphatic heterocycles. The number of ether oxygens (including phenoxy) is 1. The zero-order valence-corrected chi connectivity index (χ0v) is 20.9. The molecule has 8 nitrogen and oxygen atoms in total. The lowest BCUT2D eigenvalue weighted by Crippen LogP contribution is -2.35. The maximum Gasteiger partial charge on any atom is 0.375 e. The van der Waals surface area contributed by atoms with E-state index in [1.54, 1.807) is 19.1 Å². The summed E-state index contributed by atoms with van der Waals surface area (Å²) >= 11 is 1.21. The fourth-order valence-corrected chi connectivity index (χ4v) is 6.29. The predicted octanol–water partition coefficient (Wildman–Crippen LogP) is 3.60. The zero-order valence-electron chi connectivity index (χ0n) is 19.3. The number of aryl methyl sites for hydroxylation is 1. The van der Waals surface area contributed by atoms with Crippen molar-refractivity contribution in [1.82, 2.24) is 9.19 Å². The molecule has 3 aromatic rings. The third kappa shape index (κ3) is 4.94. The summed E-state index contributed by atoms with van der Waals surface area (Å²) in [6.07, 6.45) is 0.0995. The largest absolute Gasteiger partial charge is 0.460 e. The summed E-state index contributed by atoms with van der Waals surface area (Å²) in [7, 11) is -4.08. The second kappa shape index (κ2) is 10.2. The monoisotopic (exact) mass is 512 g/mol. The van der Waals surface area contributed by atoms with E-state index in [-0.39, 0.29) is 40.6 Å². The highest BCUT2D eigenvalue weighted by Crippen LogP contribution is 2.36. The Morgan fingerprint density at radius 1 is 1.11 bits per heavy atom. The van der Waals surface area contributed by atoms with Crippen molar-refractivity contribution >= 4 is 39.3 Å². The summed E-state index contributed by atoms with van der Waals surface area (Å²) in [5, 5.41) is 4.56. The van der Waals surface area contributed by atoms with Crippen LogP contribution in [-0.4, -0.2) is 41.7 Å². The Bertz CT molecular complexity index is 1380. The van der Waals surface area contributed by atoms with Crippen LogP contribution < -0.4 is 0 Å². The number of carbonyl (C=O) groups is 3. The van der Waals surface area contributed by atoms with Crippen molar-refractivity contribution in [2.24, 2.45) is 5.92 Å². The number of carbonyl (C=O) groups excluding carboxylic acids is 3. The number of Topliss-reactive ketones (excluding diaryl/α,β-unsaturated/α-hetero) is 2. The van der Waals surface area contributed by atoms with Crippen molar-refractivity contribution in [2.75, 3.05) is 6.61 Å². The average Bonchev–Trinajstić information content (AvgIpc) is 3.24. The first-order valence-corrected chi connectivity index (χ1v) is 13.5. The van der Waals surface area contributed by atoms with Gasteiger partial charge in [-0.2, -0.15) is 17.6 Å². The van der Waals surface area contributed by atoms with Gasteiger partial charge in [0.05, 0.1) is 28.7 Å². The van der Waals surface area contributed by atoms with Crippen LogP contribution in [0.1, 0.15) is 40.5 Å². The predicted molar refractivity (Wildman–Crippen MR) is 130 cm³/mol. The highest BCUT2D eigenvalue weighted by atomic mass is 32.2. The summed E-state index contributed by atoms with van der Waals surface area (Å²) in [5.74, 6) is -3.37. The van der Waals surface area contributed by atoms with E-state index in [4.69, 9.17) is 4.74 Å². The minimum Gasteiger partial charge on any atom is -0.460 e. The van der Waals surface area contributed by atoms with Gasteiger partial charge in [0.15, 0.2) is 5.78 Å². The minimum atomic E-state index is -4.08. The van der Waals surface area contributed by atoms with Crippen LogP contribution >= 0.6 is 11.8 Å². The van der Waals surface area contributed by atoms with Crippen LogP contribution in [0.5, 0.6) is 0 Å². The standard InChI is InChI=1S/C25H24N2O6S2/c1-3-33-25(30)23(29)19-13-14-20-21(22(19)28)24(34-15-17-7-5-4-6-8-17)26-27(20)35(31,32)18-11-9-16(2)10-12-18/h4-12,19H,3,13-15H2,1-2H3. The molecule has 0 N–H and O–H groups in total. The molecule has 35 heavy (non-hydrogen) atoms. The summed E-state index contributed by atoms with van der Waals surface area (Å²) < 4.78 is 32.6. The summed E-state index contributed by atoms with van der Waals surface area (Å²) in [6.45, 7) is 3.44. The van der Waals surface area contributed by atoms with Gasteiger partial charge < -0.3 is 4.74 Å². The Morgan fingerprint density at radius 2 is 1.80 bits per heavy atom. The second-order valence-corrected chi connectivity index (χ2v) is 10.8. The zero-order chi connectivity index (χ0) is 25.2. The van der Waals surface area contributed by atoms with Crippen molar-refractivity contribution in [3.63, 3.8) is 0 Å². The number of hydrogen-bond acceptors (Lipinski definition) is 8. The Kier molecular flexibility index (Phi) is 7.23. The van der Waals surface area contributed by atoms with Gasteiger partial charge in [-0.15, -0.1) is 0 Å². The fourth-order valence-electron chi connectivity index (χ4n) is 3.90. The van der Waals surface area contributed by atoms with E-state index in [1.807, 2.05) is 37.3 Å². The van der Waals surface area contributed by atoms with Gasteiger partial charge in [-0.25, -0.2) is 4.79 Å². The molecule has 0 saturated heterocycles. The van der Waals surface area contributed by atoms with Gasteiger partial charge in [0.1, 0.15) is 5.03 Å². The van der Waals surface area contributed by atoms with E-state index in [0.29, 0.717) is 5.75 Å². The van der Waals surface area contributed by atoms with Crippen molar-refractivity contribution in [1.29, 1.82) is 0 Å². The maximum absolute atomic E-state index is 13.5. The number of aromatic nitrogens is 2. The smallest absolute Gasteiger partial charge is 0.375 e. The van der Waals surface area contributed by atoms with Crippen LogP contribution in [0.2, 0.25) is 0 Å². The Hall–Kier alpha value is -3.24. The Balaban J connectivity index is 1.77. The summed E-state index contributed by atoms with van der Waals surface area (Å²) in [5.41, 5.74) is 2.17. The number of thioether (sulfide) groups is 1. The Labute approximate surface area is 207 Å². The van der Waals surface area contributed by atoms with Crippen molar-refractivity contribution in [3.05, 3.63) is 77.0 Å². The number of fused-ring (bicyclic) bond motifs is 1. The summed E-state index contributed by atoms with van der Waals surface area (Å²) in [6, 6.07) is 15.8.